The van der Waals surface area contributed by atoms with Crippen molar-refractivity contribution in [2.45, 2.75) is 6.10 Å². The predicted octanol–water partition coefficient (Wildman–Crippen LogP) is 4.25. The highest BCUT2D eigenvalue weighted by atomic mass is 32.1. The van der Waals surface area contributed by atoms with Gasteiger partial charge < -0.3 is 15.2 Å². The van der Waals surface area contributed by atoms with Crippen LogP contribution in [0.5, 0.6) is 5.75 Å². The molecule has 3 rings (SSSR count). The third-order valence-corrected chi connectivity index (χ3v) is 4.40. The molecule has 0 spiro atoms. The predicted molar refractivity (Wildman–Crippen MR) is 95.6 cm³/mol. The first-order chi connectivity index (χ1) is 12.1. The molecule has 0 saturated heterocycles. The van der Waals surface area contributed by atoms with Gasteiger partial charge in [-0.05, 0) is 41.8 Å². The summed E-state index contributed by atoms with van der Waals surface area (Å²) in [5.74, 6) is -0.117. The highest BCUT2D eigenvalue weighted by molar-refractivity contribution is 7.12. The molecule has 0 aliphatic rings. The first-order valence-electron chi connectivity index (χ1n) is 7.63. The molecule has 0 aliphatic carbocycles. The van der Waals surface area contributed by atoms with Crippen LogP contribution >= 0.6 is 11.3 Å². The first kappa shape index (κ1) is 17.1. The maximum absolute atomic E-state index is 13.6. The fourth-order valence-electron chi connectivity index (χ4n) is 2.25. The molecule has 4 nitrogen and oxygen atoms in total. The zero-order chi connectivity index (χ0) is 17.6. The summed E-state index contributed by atoms with van der Waals surface area (Å²) in [7, 11) is 0. The van der Waals surface area contributed by atoms with Crippen molar-refractivity contribution >= 4 is 22.9 Å². The highest BCUT2D eigenvalue weighted by Gasteiger charge is 2.13. The third kappa shape index (κ3) is 4.43. The normalized spacial score (nSPS) is 11.8. The average molecular weight is 357 g/mol. The molecule has 0 aliphatic heterocycles. The second kappa shape index (κ2) is 7.92. The molecule has 1 atom stereocenters. The maximum Gasteiger partial charge on any atom is 0.265 e. The van der Waals surface area contributed by atoms with Gasteiger partial charge in [0.05, 0.1) is 4.88 Å². The molecule has 2 aromatic carbocycles. The van der Waals surface area contributed by atoms with Gasteiger partial charge >= 0.3 is 0 Å². The van der Waals surface area contributed by atoms with Gasteiger partial charge in [0.25, 0.3) is 5.91 Å². The van der Waals surface area contributed by atoms with Crippen LogP contribution in [0.1, 0.15) is 21.3 Å². The number of carbonyl (C=O) groups is 1. The second-order valence-electron chi connectivity index (χ2n) is 5.30. The highest BCUT2D eigenvalue weighted by Crippen LogP contribution is 2.21. The average Bonchev–Trinajstić information content (AvgIpc) is 3.16. The van der Waals surface area contributed by atoms with Crippen molar-refractivity contribution in [1.29, 1.82) is 0 Å². The molecule has 0 unspecified atom stereocenters. The Labute approximate surface area is 148 Å². The van der Waals surface area contributed by atoms with Gasteiger partial charge in [-0.25, -0.2) is 4.39 Å². The molecule has 0 fully saturated rings. The molecular weight excluding hydrogens is 341 g/mol. The molecule has 0 bridgehead atoms. The summed E-state index contributed by atoms with van der Waals surface area (Å²) in [4.78, 5) is 12.6. The molecule has 2 N–H and O–H groups in total. The lowest BCUT2D eigenvalue weighted by atomic mass is 10.1. The number of nitrogens with one attached hydrogen (secondary N) is 1. The maximum atomic E-state index is 13.6. The van der Waals surface area contributed by atoms with Gasteiger partial charge in [0.1, 0.15) is 24.3 Å². The van der Waals surface area contributed by atoms with Gasteiger partial charge in [-0.1, -0.05) is 24.3 Å². The number of amides is 1. The number of aliphatic hydroxyl groups excluding tert-OH is 1. The van der Waals surface area contributed by atoms with Crippen LogP contribution in [0, 0.1) is 5.82 Å². The minimum atomic E-state index is -1.06. The van der Waals surface area contributed by atoms with Crippen LogP contribution in [0.25, 0.3) is 0 Å². The number of halogens is 1. The van der Waals surface area contributed by atoms with Crippen LogP contribution in [0.3, 0.4) is 0 Å². The number of aliphatic hydroxyl groups is 1. The number of benzene rings is 2. The third-order valence-electron chi connectivity index (χ3n) is 3.53. The van der Waals surface area contributed by atoms with Crippen molar-refractivity contribution in [3.05, 3.63) is 82.3 Å². The molecule has 1 heterocycles. The van der Waals surface area contributed by atoms with Crippen molar-refractivity contribution in [1.82, 2.24) is 0 Å². The van der Waals surface area contributed by atoms with Gasteiger partial charge in [-0.3, -0.25) is 4.79 Å². The van der Waals surface area contributed by atoms with Gasteiger partial charge in [-0.15, -0.1) is 11.3 Å². The topological polar surface area (TPSA) is 58.6 Å². The van der Waals surface area contributed by atoms with E-state index < -0.39 is 11.9 Å². The lowest BCUT2D eigenvalue weighted by Gasteiger charge is -2.13. The lowest BCUT2D eigenvalue weighted by Crippen LogP contribution is -2.12. The summed E-state index contributed by atoms with van der Waals surface area (Å²) in [6.07, 6.45) is -1.06. The van der Waals surface area contributed by atoms with Gasteiger partial charge in [0.2, 0.25) is 0 Å². The standard InChI is InChI=1S/C19H16FNO3S/c20-16-5-2-1-4-15(16)17(22)12-24-14-9-7-13(8-10-14)21-19(23)18-6-3-11-25-18/h1-11,17,22H,12H2,(H,21,23)/t17-/m0/s1. The van der Waals surface area contributed by atoms with E-state index in [1.165, 1.54) is 23.5 Å². The first-order valence-corrected chi connectivity index (χ1v) is 8.51. The minimum Gasteiger partial charge on any atom is -0.491 e. The second-order valence-corrected chi connectivity index (χ2v) is 6.25. The van der Waals surface area contributed by atoms with Crippen molar-refractivity contribution in [3.63, 3.8) is 0 Å². The molecule has 3 aromatic rings. The molecule has 128 valence electrons. The number of hydrogen-bond acceptors (Lipinski definition) is 4. The van der Waals surface area contributed by atoms with Crippen LogP contribution in [0.2, 0.25) is 0 Å². The molecular formula is C19H16FNO3S. The summed E-state index contributed by atoms with van der Waals surface area (Å²) in [5.41, 5.74) is 0.836. The van der Waals surface area contributed by atoms with E-state index in [4.69, 9.17) is 4.74 Å². The zero-order valence-electron chi connectivity index (χ0n) is 13.2. The molecule has 25 heavy (non-hydrogen) atoms. The smallest absolute Gasteiger partial charge is 0.265 e. The Hall–Kier alpha value is -2.70. The van der Waals surface area contributed by atoms with Crippen LogP contribution in [0.15, 0.2) is 66.0 Å². The van der Waals surface area contributed by atoms with Gasteiger partial charge in [-0.2, -0.15) is 0 Å². The summed E-state index contributed by atoms with van der Waals surface area (Å²) in [6, 6.07) is 16.4. The number of hydrogen-bond donors (Lipinski definition) is 2. The minimum absolute atomic E-state index is 0.0676. The number of anilines is 1. The van der Waals surface area contributed by atoms with Crippen LogP contribution < -0.4 is 10.1 Å². The van der Waals surface area contributed by atoms with Crippen LogP contribution in [-0.2, 0) is 0 Å². The van der Waals surface area contributed by atoms with Crippen molar-refractivity contribution in [2.24, 2.45) is 0 Å². The fraction of sp³-hybridized carbons (Fsp3) is 0.105. The van der Waals surface area contributed by atoms with E-state index in [1.807, 2.05) is 11.4 Å². The van der Waals surface area contributed by atoms with E-state index in [0.29, 0.717) is 16.3 Å². The zero-order valence-corrected chi connectivity index (χ0v) is 14.0. The monoisotopic (exact) mass is 357 g/mol. The molecule has 0 radical (unpaired) electrons. The lowest BCUT2D eigenvalue weighted by molar-refractivity contribution is 0.103. The quantitative estimate of drug-likeness (QED) is 0.693. The van der Waals surface area contributed by atoms with Gasteiger partial charge in [0.15, 0.2) is 0 Å². The van der Waals surface area contributed by atoms with E-state index in [-0.39, 0.29) is 18.1 Å². The largest absolute Gasteiger partial charge is 0.491 e. The number of carbonyl (C=O) groups excluding carboxylic acids is 1. The van der Waals surface area contributed by atoms with E-state index in [2.05, 4.69) is 5.32 Å². The van der Waals surface area contributed by atoms with E-state index in [1.54, 1.807) is 42.5 Å². The summed E-state index contributed by atoms with van der Waals surface area (Å²) >= 11 is 1.37. The Morgan fingerprint density at radius 1 is 1.12 bits per heavy atom. The van der Waals surface area contributed by atoms with Crippen molar-refractivity contribution in [2.75, 3.05) is 11.9 Å². The molecule has 1 amide bonds. The molecule has 6 heteroatoms. The summed E-state index contributed by atoms with van der Waals surface area (Å²) in [6.45, 7) is -0.0676. The van der Waals surface area contributed by atoms with Crippen molar-refractivity contribution in [3.8, 4) is 5.75 Å². The van der Waals surface area contributed by atoms with Gasteiger partial charge in [0, 0.05) is 11.3 Å². The Morgan fingerprint density at radius 2 is 1.88 bits per heavy atom. The number of ether oxygens (including phenoxy) is 1. The number of rotatable bonds is 6. The van der Waals surface area contributed by atoms with E-state index in [0.717, 1.165) is 0 Å². The van der Waals surface area contributed by atoms with Crippen LogP contribution in [0.4, 0.5) is 10.1 Å². The Balaban J connectivity index is 1.56. The van der Waals surface area contributed by atoms with Crippen LogP contribution in [-0.4, -0.2) is 17.6 Å². The van der Waals surface area contributed by atoms with E-state index >= 15 is 0 Å². The Kier molecular flexibility index (Phi) is 5.42. The Morgan fingerprint density at radius 3 is 2.56 bits per heavy atom. The Bertz CT molecular complexity index is 834. The number of thiophene rings is 1. The SMILES string of the molecule is O=C(Nc1ccc(OC[C@H](O)c2ccccc2F)cc1)c1cccs1. The molecule has 0 saturated carbocycles. The molecule has 1 aromatic heterocycles. The van der Waals surface area contributed by atoms with E-state index in [9.17, 15) is 14.3 Å². The summed E-state index contributed by atoms with van der Waals surface area (Å²) in [5, 5.41) is 14.6. The summed E-state index contributed by atoms with van der Waals surface area (Å²) < 4.78 is 19.1. The van der Waals surface area contributed by atoms with Crippen molar-refractivity contribution < 1.29 is 19.0 Å². The fourth-order valence-corrected chi connectivity index (χ4v) is 2.86.